The number of benzene rings is 1. The molecule has 3 amide bonds. The van der Waals surface area contributed by atoms with Gasteiger partial charge in [-0.25, -0.2) is 9.78 Å². The first kappa shape index (κ1) is 29.2. The molecule has 0 saturated carbocycles. The van der Waals surface area contributed by atoms with Crippen molar-refractivity contribution in [2.75, 3.05) is 17.8 Å². The standard InChI is InChI=1S/C23H32N6O5S2/c1-36-8-7-17(21(31)29-19(23(33)34)10-15-11-25-13-26-15)27-22(32)18(28-20(30)16(24)12-35)9-14-5-3-2-4-6-14/h2-6,11,13,16-19,35H,7-10,12,24H2,1H3,(H,25,26)(H,27,32)(H,28,30)(H,29,31)(H,33,34). The number of nitrogens with zero attached hydrogens (tertiary/aromatic N) is 1. The minimum atomic E-state index is -1.22. The van der Waals surface area contributed by atoms with Gasteiger partial charge in [0.1, 0.15) is 18.1 Å². The van der Waals surface area contributed by atoms with E-state index in [-0.39, 0.29) is 25.0 Å². The summed E-state index contributed by atoms with van der Waals surface area (Å²) in [6.45, 7) is 0. The zero-order valence-corrected chi connectivity index (χ0v) is 21.6. The van der Waals surface area contributed by atoms with E-state index in [4.69, 9.17) is 5.73 Å². The van der Waals surface area contributed by atoms with Gasteiger partial charge in [0.25, 0.3) is 0 Å². The molecule has 11 nitrogen and oxygen atoms in total. The first-order chi connectivity index (χ1) is 17.2. The highest BCUT2D eigenvalue weighted by molar-refractivity contribution is 7.98. The fourth-order valence-corrected chi connectivity index (χ4v) is 3.92. The summed E-state index contributed by atoms with van der Waals surface area (Å²) < 4.78 is 0. The Kier molecular flexibility index (Phi) is 12.3. The van der Waals surface area contributed by atoms with Gasteiger partial charge in [-0.15, -0.1) is 0 Å². The van der Waals surface area contributed by atoms with Crippen LogP contribution >= 0.6 is 24.4 Å². The van der Waals surface area contributed by atoms with E-state index < -0.39 is 47.9 Å². The van der Waals surface area contributed by atoms with Crippen molar-refractivity contribution in [1.82, 2.24) is 25.9 Å². The lowest BCUT2D eigenvalue weighted by Gasteiger charge is -2.25. The number of hydrogen-bond donors (Lipinski definition) is 7. The maximum absolute atomic E-state index is 13.2. The summed E-state index contributed by atoms with van der Waals surface area (Å²) in [5, 5.41) is 17.4. The van der Waals surface area contributed by atoms with Gasteiger partial charge >= 0.3 is 5.97 Å². The Morgan fingerprint density at radius 1 is 1.03 bits per heavy atom. The molecule has 4 atom stereocenters. The first-order valence-corrected chi connectivity index (χ1v) is 13.3. The fraction of sp³-hybridized carbons (Fsp3) is 0.435. The highest BCUT2D eigenvalue weighted by Crippen LogP contribution is 2.08. The van der Waals surface area contributed by atoms with E-state index in [9.17, 15) is 24.3 Å². The smallest absolute Gasteiger partial charge is 0.326 e. The van der Waals surface area contributed by atoms with Gasteiger partial charge in [-0.3, -0.25) is 14.4 Å². The van der Waals surface area contributed by atoms with E-state index in [0.29, 0.717) is 11.4 Å². The molecular formula is C23H32N6O5S2. The number of aromatic nitrogens is 2. The molecule has 0 radical (unpaired) electrons. The van der Waals surface area contributed by atoms with Crippen molar-refractivity contribution in [3.8, 4) is 0 Å². The van der Waals surface area contributed by atoms with Crippen molar-refractivity contribution in [2.24, 2.45) is 5.73 Å². The molecule has 0 aliphatic rings. The third-order valence-electron chi connectivity index (χ3n) is 5.29. The summed E-state index contributed by atoms with van der Waals surface area (Å²) in [5.74, 6) is -2.35. The third-order valence-corrected chi connectivity index (χ3v) is 6.32. The van der Waals surface area contributed by atoms with Crippen LogP contribution in [0.15, 0.2) is 42.9 Å². The van der Waals surface area contributed by atoms with Crippen LogP contribution in [0.1, 0.15) is 17.7 Å². The topological polar surface area (TPSA) is 179 Å². The van der Waals surface area contributed by atoms with Gasteiger partial charge in [-0.05, 0) is 24.0 Å². The number of nitrogens with two attached hydrogens (primary N) is 1. The lowest BCUT2D eigenvalue weighted by Crippen LogP contribution is -2.58. The Bertz CT molecular complexity index is 992. The number of thiol groups is 1. The molecule has 0 saturated heterocycles. The number of amides is 3. The fourth-order valence-electron chi connectivity index (χ4n) is 3.29. The van der Waals surface area contributed by atoms with E-state index in [0.717, 1.165) is 5.56 Å². The molecular weight excluding hydrogens is 504 g/mol. The first-order valence-electron chi connectivity index (χ1n) is 11.3. The van der Waals surface area contributed by atoms with Crippen LogP contribution < -0.4 is 21.7 Å². The maximum atomic E-state index is 13.2. The number of carbonyl (C=O) groups is 4. The lowest BCUT2D eigenvalue weighted by molar-refractivity contribution is -0.142. The minimum absolute atomic E-state index is 0.00142. The molecule has 0 aliphatic carbocycles. The van der Waals surface area contributed by atoms with E-state index >= 15 is 0 Å². The second kappa shape index (κ2) is 15.2. The normalized spacial score (nSPS) is 14.2. The van der Waals surface area contributed by atoms with Gasteiger partial charge in [0, 0.05) is 30.5 Å². The Morgan fingerprint density at radius 3 is 2.25 bits per heavy atom. The van der Waals surface area contributed by atoms with Gasteiger partial charge < -0.3 is 31.8 Å². The van der Waals surface area contributed by atoms with E-state index in [2.05, 4.69) is 38.5 Å². The number of aromatic amines is 1. The molecule has 2 aromatic rings. The van der Waals surface area contributed by atoms with Crippen molar-refractivity contribution in [2.45, 2.75) is 43.4 Å². The second-order valence-corrected chi connectivity index (χ2v) is 9.41. The van der Waals surface area contributed by atoms with Crippen LogP contribution in [0.2, 0.25) is 0 Å². The van der Waals surface area contributed by atoms with Gasteiger partial charge in [-0.1, -0.05) is 30.3 Å². The molecule has 36 heavy (non-hydrogen) atoms. The Balaban J connectivity index is 2.17. The van der Waals surface area contributed by atoms with Gasteiger partial charge in [0.2, 0.25) is 17.7 Å². The van der Waals surface area contributed by atoms with Crippen molar-refractivity contribution in [3.05, 3.63) is 54.1 Å². The molecule has 0 aliphatic heterocycles. The zero-order valence-electron chi connectivity index (χ0n) is 19.8. The number of aliphatic carboxylic acids is 1. The molecule has 0 bridgehead atoms. The number of hydrogen-bond acceptors (Lipinski definition) is 8. The molecule has 196 valence electrons. The van der Waals surface area contributed by atoms with Crippen LogP contribution in [0.25, 0.3) is 0 Å². The SMILES string of the molecule is CSCCC(NC(=O)C(Cc1ccccc1)NC(=O)C(N)CS)C(=O)NC(Cc1cnc[nH]1)C(=O)O. The number of carboxylic acids is 1. The van der Waals surface area contributed by atoms with Crippen LogP contribution in [-0.4, -0.2) is 80.7 Å². The number of imidazole rings is 1. The second-order valence-electron chi connectivity index (χ2n) is 8.06. The molecule has 1 aromatic heterocycles. The van der Waals surface area contributed by atoms with Gasteiger partial charge in [0.15, 0.2) is 0 Å². The molecule has 1 aromatic carbocycles. The molecule has 13 heteroatoms. The van der Waals surface area contributed by atoms with Crippen LogP contribution in [-0.2, 0) is 32.0 Å². The summed E-state index contributed by atoms with van der Waals surface area (Å²) >= 11 is 5.51. The summed E-state index contributed by atoms with van der Waals surface area (Å²) in [6.07, 6.45) is 5.17. The van der Waals surface area contributed by atoms with E-state index in [1.165, 1.54) is 24.3 Å². The number of nitrogens with one attached hydrogen (secondary N) is 4. The predicted molar refractivity (Wildman–Crippen MR) is 141 cm³/mol. The Labute approximate surface area is 219 Å². The monoisotopic (exact) mass is 536 g/mol. The summed E-state index contributed by atoms with van der Waals surface area (Å²) in [5.41, 5.74) is 7.10. The number of carboxylic acid groups (broad SMARTS) is 1. The van der Waals surface area contributed by atoms with Gasteiger partial charge in [0.05, 0.1) is 12.4 Å². The van der Waals surface area contributed by atoms with Crippen LogP contribution in [0, 0.1) is 0 Å². The van der Waals surface area contributed by atoms with Gasteiger partial charge in [-0.2, -0.15) is 24.4 Å². The van der Waals surface area contributed by atoms with Crippen molar-refractivity contribution >= 4 is 48.1 Å². The summed E-state index contributed by atoms with van der Waals surface area (Å²) in [6, 6.07) is 4.94. The quantitative estimate of drug-likeness (QED) is 0.152. The molecule has 0 spiro atoms. The largest absolute Gasteiger partial charge is 0.480 e. The Hall–Kier alpha value is -3.03. The van der Waals surface area contributed by atoms with Crippen molar-refractivity contribution in [1.29, 1.82) is 0 Å². The zero-order chi connectivity index (χ0) is 26.5. The molecule has 1 heterocycles. The summed E-state index contributed by atoms with van der Waals surface area (Å²) in [4.78, 5) is 57.1. The molecule has 2 rings (SSSR count). The summed E-state index contributed by atoms with van der Waals surface area (Å²) in [7, 11) is 0. The lowest BCUT2D eigenvalue weighted by atomic mass is 10.0. The van der Waals surface area contributed by atoms with Crippen molar-refractivity contribution < 1.29 is 24.3 Å². The van der Waals surface area contributed by atoms with E-state index in [1.807, 2.05) is 36.6 Å². The number of thioether (sulfide) groups is 1. The highest BCUT2D eigenvalue weighted by Gasteiger charge is 2.30. The van der Waals surface area contributed by atoms with Crippen LogP contribution in [0.3, 0.4) is 0 Å². The average Bonchev–Trinajstić information content (AvgIpc) is 3.38. The molecule has 7 N–H and O–H groups in total. The number of carbonyl (C=O) groups excluding carboxylic acids is 3. The molecule has 0 fully saturated rings. The van der Waals surface area contributed by atoms with Crippen LogP contribution in [0.5, 0.6) is 0 Å². The maximum Gasteiger partial charge on any atom is 0.326 e. The van der Waals surface area contributed by atoms with Crippen molar-refractivity contribution in [3.63, 3.8) is 0 Å². The predicted octanol–water partition coefficient (Wildman–Crippen LogP) is -0.256. The number of rotatable bonds is 15. The average molecular weight is 537 g/mol. The third kappa shape index (κ3) is 9.55. The van der Waals surface area contributed by atoms with Crippen LogP contribution in [0.4, 0.5) is 0 Å². The minimum Gasteiger partial charge on any atom is -0.480 e. The van der Waals surface area contributed by atoms with E-state index in [1.54, 1.807) is 0 Å². The molecule has 4 unspecified atom stereocenters. The Morgan fingerprint density at radius 2 is 1.67 bits per heavy atom. The number of H-pyrrole nitrogens is 1. The highest BCUT2D eigenvalue weighted by atomic mass is 32.2.